The van der Waals surface area contributed by atoms with E-state index in [0.29, 0.717) is 6.42 Å². The number of hydrogen-bond acceptors (Lipinski definition) is 9. The number of carbonyl (C=O) groups excluding carboxylic acids is 2. The molecule has 0 aliphatic carbocycles. The van der Waals surface area contributed by atoms with Gasteiger partial charge in [-0.05, 0) is 6.42 Å². The lowest BCUT2D eigenvalue weighted by Crippen LogP contribution is -2.34. The highest BCUT2D eigenvalue weighted by molar-refractivity contribution is 7.47. The van der Waals surface area contributed by atoms with Crippen LogP contribution >= 0.6 is 7.82 Å². The van der Waals surface area contributed by atoms with Crippen LogP contribution in [-0.4, -0.2) is 59.9 Å². The Balaban J connectivity index is 3.94. The van der Waals surface area contributed by atoms with Crippen LogP contribution in [-0.2, 0) is 37.5 Å². The maximum atomic E-state index is 12.3. The van der Waals surface area contributed by atoms with Crippen molar-refractivity contribution in [1.29, 1.82) is 0 Å². The fraction of sp³-hybridized carbons (Fsp3) is 0.903. The molecule has 0 aliphatic rings. The maximum Gasteiger partial charge on any atom is 0.472 e. The van der Waals surface area contributed by atoms with Gasteiger partial charge in [-0.1, -0.05) is 129 Å². The lowest BCUT2D eigenvalue weighted by atomic mass is 10.0. The molecule has 0 bridgehead atoms. The third-order valence-corrected chi connectivity index (χ3v) is 8.11. The van der Waals surface area contributed by atoms with Crippen LogP contribution in [0, 0.1) is 0 Å². The van der Waals surface area contributed by atoms with Crippen molar-refractivity contribution in [2.75, 3.05) is 19.8 Å². The zero-order valence-corrected chi connectivity index (χ0v) is 27.7. The Labute approximate surface area is 259 Å². The molecular weight excluding hydrogens is 577 g/mol. The van der Waals surface area contributed by atoms with Gasteiger partial charge in [0.2, 0.25) is 0 Å². The predicted octanol–water partition coefficient (Wildman–Crippen LogP) is 7.22. The number of carbonyl (C=O) groups is 3. The van der Waals surface area contributed by atoms with Gasteiger partial charge in [-0.3, -0.25) is 23.4 Å². The highest BCUT2D eigenvalue weighted by Gasteiger charge is 2.28. The summed E-state index contributed by atoms with van der Waals surface area (Å²) >= 11 is 0. The van der Waals surface area contributed by atoms with Crippen LogP contribution in [0.25, 0.3) is 0 Å². The van der Waals surface area contributed by atoms with Crippen molar-refractivity contribution >= 4 is 25.7 Å². The van der Waals surface area contributed by atoms with Gasteiger partial charge in [-0.2, -0.15) is 0 Å². The number of ether oxygens (including phenoxy) is 2. The number of carboxylic acid groups (broad SMARTS) is 1. The molecule has 0 spiro atoms. The van der Waals surface area contributed by atoms with Crippen LogP contribution in [0.15, 0.2) is 0 Å². The first-order valence-corrected chi connectivity index (χ1v) is 18.1. The van der Waals surface area contributed by atoms with Crippen LogP contribution in [0.5, 0.6) is 0 Å². The van der Waals surface area contributed by atoms with Gasteiger partial charge in [0.05, 0.1) is 13.2 Å². The molecule has 12 heteroatoms. The summed E-state index contributed by atoms with van der Waals surface area (Å²) in [7, 11) is -4.67. The summed E-state index contributed by atoms with van der Waals surface area (Å²) in [6.07, 6.45) is 23.0. The van der Waals surface area contributed by atoms with Crippen LogP contribution < -0.4 is 5.73 Å². The van der Waals surface area contributed by atoms with Gasteiger partial charge < -0.3 is 25.2 Å². The number of hydrogen-bond donors (Lipinski definition) is 3. The Morgan fingerprint density at radius 1 is 0.651 bits per heavy atom. The molecule has 11 nitrogen and oxygen atoms in total. The van der Waals surface area contributed by atoms with Crippen molar-refractivity contribution in [3.8, 4) is 0 Å². The van der Waals surface area contributed by atoms with Crippen molar-refractivity contribution in [3.63, 3.8) is 0 Å². The van der Waals surface area contributed by atoms with Gasteiger partial charge >= 0.3 is 25.7 Å². The molecule has 0 radical (unpaired) electrons. The molecule has 3 unspecified atom stereocenters. The van der Waals surface area contributed by atoms with Crippen LogP contribution in [0.1, 0.15) is 149 Å². The SMILES string of the molecule is CCCCCCCCCCCCCCCCCCCCCC(=O)OC(COC(=O)CC)COP(=O)(O)OCC(N)C(=O)O. The maximum absolute atomic E-state index is 12.3. The first-order chi connectivity index (χ1) is 20.6. The Kier molecular flexibility index (Phi) is 27.0. The van der Waals surface area contributed by atoms with Crippen LogP contribution in [0.2, 0.25) is 0 Å². The standard InChI is InChI=1S/C31H60NO10P/c1-3-5-6-7-8-9-10-11-12-13-14-15-16-17-18-19-20-21-22-23-30(34)42-27(24-39-29(33)4-2)25-40-43(37,38)41-26-28(32)31(35)36/h27-28H,3-26,32H2,1-2H3,(H,35,36)(H,37,38). The highest BCUT2D eigenvalue weighted by atomic mass is 31.2. The molecule has 254 valence electrons. The second-order valence-electron chi connectivity index (χ2n) is 11.3. The largest absolute Gasteiger partial charge is 0.480 e. The summed E-state index contributed by atoms with van der Waals surface area (Å²) in [6, 6.07) is -1.51. The van der Waals surface area contributed by atoms with Gasteiger partial charge in [0.1, 0.15) is 12.6 Å². The highest BCUT2D eigenvalue weighted by Crippen LogP contribution is 2.43. The lowest BCUT2D eigenvalue weighted by molar-refractivity contribution is -0.161. The number of carboxylic acids is 1. The number of phosphoric acid groups is 1. The van der Waals surface area contributed by atoms with Gasteiger partial charge in [0, 0.05) is 12.8 Å². The molecule has 0 aromatic rings. The average Bonchev–Trinajstić information content (AvgIpc) is 2.98. The summed E-state index contributed by atoms with van der Waals surface area (Å²) in [5, 5.41) is 8.74. The number of unbranched alkanes of at least 4 members (excludes halogenated alkanes) is 18. The van der Waals surface area contributed by atoms with E-state index in [4.69, 9.17) is 24.8 Å². The number of aliphatic carboxylic acids is 1. The average molecular weight is 638 g/mol. The zero-order valence-electron chi connectivity index (χ0n) is 26.8. The molecule has 0 aliphatic heterocycles. The third kappa shape index (κ3) is 27.7. The van der Waals surface area contributed by atoms with E-state index in [2.05, 4.69) is 11.4 Å². The predicted molar refractivity (Wildman–Crippen MR) is 166 cm³/mol. The van der Waals surface area contributed by atoms with E-state index < -0.39 is 51.1 Å². The summed E-state index contributed by atoms with van der Waals surface area (Å²) in [5.74, 6) is -2.47. The Hall–Kier alpha value is -1.52. The minimum Gasteiger partial charge on any atom is -0.480 e. The number of nitrogens with two attached hydrogens (primary N) is 1. The van der Waals surface area contributed by atoms with Gasteiger partial charge in [0.25, 0.3) is 0 Å². The topological polar surface area (TPSA) is 172 Å². The van der Waals surface area contributed by atoms with E-state index in [-0.39, 0.29) is 19.4 Å². The van der Waals surface area contributed by atoms with Crippen molar-refractivity contribution < 1.29 is 47.5 Å². The first-order valence-electron chi connectivity index (χ1n) is 16.6. The fourth-order valence-electron chi connectivity index (χ4n) is 4.46. The van der Waals surface area contributed by atoms with E-state index in [1.807, 2.05) is 0 Å². The summed E-state index contributed by atoms with van der Waals surface area (Å²) in [5.41, 5.74) is 5.24. The summed E-state index contributed by atoms with van der Waals surface area (Å²) < 4.78 is 31.6. The van der Waals surface area contributed by atoms with E-state index in [9.17, 15) is 23.8 Å². The summed E-state index contributed by atoms with van der Waals surface area (Å²) in [4.78, 5) is 44.3. The van der Waals surface area contributed by atoms with E-state index in [0.717, 1.165) is 19.3 Å². The van der Waals surface area contributed by atoms with Crippen molar-refractivity contribution in [1.82, 2.24) is 0 Å². The zero-order chi connectivity index (χ0) is 32.2. The second kappa shape index (κ2) is 28.0. The smallest absolute Gasteiger partial charge is 0.472 e. The normalized spacial score (nSPS) is 14.1. The van der Waals surface area contributed by atoms with Gasteiger partial charge in [0.15, 0.2) is 6.10 Å². The molecule has 3 atom stereocenters. The molecule has 0 heterocycles. The molecule has 0 amide bonds. The Morgan fingerprint density at radius 3 is 1.49 bits per heavy atom. The molecule has 43 heavy (non-hydrogen) atoms. The number of rotatable bonds is 31. The first kappa shape index (κ1) is 41.5. The molecular formula is C31H60NO10P. The van der Waals surface area contributed by atoms with E-state index >= 15 is 0 Å². The number of esters is 2. The molecule has 0 saturated heterocycles. The molecule has 0 rings (SSSR count). The molecule has 0 saturated carbocycles. The second-order valence-corrected chi connectivity index (χ2v) is 12.7. The Morgan fingerprint density at radius 2 is 1.07 bits per heavy atom. The Bertz CT molecular complexity index is 767. The van der Waals surface area contributed by atoms with Crippen LogP contribution in [0.4, 0.5) is 0 Å². The molecule has 0 fully saturated rings. The van der Waals surface area contributed by atoms with Gasteiger partial charge in [-0.15, -0.1) is 0 Å². The van der Waals surface area contributed by atoms with Crippen molar-refractivity contribution in [3.05, 3.63) is 0 Å². The fourth-order valence-corrected chi connectivity index (χ4v) is 5.24. The van der Waals surface area contributed by atoms with Crippen molar-refractivity contribution in [2.45, 2.75) is 161 Å². The molecule has 0 aromatic heterocycles. The summed E-state index contributed by atoms with van der Waals surface area (Å²) in [6.45, 7) is 2.17. The lowest BCUT2D eigenvalue weighted by Gasteiger charge is -2.20. The molecule has 4 N–H and O–H groups in total. The van der Waals surface area contributed by atoms with E-state index in [1.165, 1.54) is 96.3 Å². The monoisotopic (exact) mass is 637 g/mol. The minimum absolute atomic E-state index is 0.107. The van der Waals surface area contributed by atoms with Crippen LogP contribution in [0.3, 0.4) is 0 Å². The third-order valence-electron chi connectivity index (χ3n) is 7.16. The van der Waals surface area contributed by atoms with Gasteiger partial charge in [-0.25, -0.2) is 4.57 Å². The van der Waals surface area contributed by atoms with Crippen molar-refractivity contribution in [2.24, 2.45) is 5.73 Å². The quantitative estimate of drug-likeness (QED) is 0.0398. The van der Waals surface area contributed by atoms with E-state index in [1.54, 1.807) is 6.92 Å². The number of phosphoric ester groups is 1. The molecule has 0 aromatic carbocycles. The minimum atomic E-state index is -4.67.